The van der Waals surface area contributed by atoms with Gasteiger partial charge in [0.2, 0.25) is 0 Å². The van der Waals surface area contributed by atoms with E-state index in [9.17, 15) is 5.11 Å². The van der Waals surface area contributed by atoms with Crippen molar-refractivity contribution in [3.8, 4) is 17.8 Å². The van der Waals surface area contributed by atoms with Crippen LogP contribution in [0.1, 0.15) is 11.3 Å². The third kappa shape index (κ3) is 1.97. The monoisotopic (exact) mass is 200 g/mol. The summed E-state index contributed by atoms with van der Waals surface area (Å²) in [7, 11) is 1.61. The van der Waals surface area contributed by atoms with E-state index in [1.54, 1.807) is 7.05 Å². The van der Waals surface area contributed by atoms with Crippen molar-refractivity contribution < 1.29 is 14.3 Å². The van der Waals surface area contributed by atoms with Crippen LogP contribution in [0.25, 0.3) is 0 Å². The van der Waals surface area contributed by atoms with E-state index in [4.69, 9.17) is 0 Å². The fourth-order valence-corrected chi connectivity index (χ4v) is 1.10. The Hall–Kier alpha value is -2.28. The van der Waals surface area contributed by atoms with Gasteiger partial charge in [0.15, 0.2) is 13.0 Å². The highest BCUT2D eigenvalue weighted by atomic mass is 16.6. The molecule has 0 aliphatic carbocycles. The number of hydrogen-bond acceptors (Lipinski definition) is 3. The van der Waals surface area contributed by atoms with Crippen molar-refractivity contribution >= 4 is 0 Å². The van der Waals surface area contributed by atoms with E-state index in [-0.39, 0.29) is 5.69 Å². The zero-order chi connectivity index (χ0) is 10.7. The Bertz CT molecular complexity index is 501. The smallest absolute Gasteiger partial charge is 0.307 e. The summed E-state index contributed by atoms with van der Waals surface area (Å²) in [5.41, 5.74) is 1.09. The molecule has 0 aliphatic rings. The number of rotatable bonds is 0. The molecule has 0 bridgehead atoms. The van der Waals surface area contributed by atoms with Gasteiger partial charge in [-0.25, -0.2) is 0 Å². The maximum atomic E-state index is 11.1. The number of hydrogen-bond donors (Lipinski definition) is 0. The van der Waals surface area contributed by atoms with Crippen LogP contribution in [0.5, 0.6) is 5.95 Å². The average Bonchev–Trinajstić information content (AvgIpc) is 2.58. The van der Waals surface area contributed by atoms with Crippen molar-refractivity contribution in [1.29, 1.82) is 0 Å². The zero-order valence-corrected chi connectivity index (χ0v) is 8.10. The quantitative estimate of drug-likeness (QED) is 0.443. The van der Waals surface area contributed by atoms with Crippen LogP contribution < -0.4 is 9.79 Å². The van der Waals surface area contributed by atoms with E-state index in [0.29, 0.717) is 0 Å². The standard InChI is InChI=1S/C11H8N2O2/c1-13-10(11(14)15-12-13)8-7-9-5-3-2-4-6-9/h2-6H,1H3. The molecule has 0 unspecified atom stereocenters. The highest BCUT2D eigenvalue weighted by molar-refractivity contribution is 5.39. The van der Waals surface area contributed by atoms with Gasteiger partial charge >= 0.3 is 5.69 Å². The summed E-state index contributed by atoms with van der Waals surface area (Å²) in [4.78, 5) is 0. The molecule has 15 heavy (non-hydrogen) atoms. The van der Waals surface area contributed by atoms with E-state index in [2.05, 4.69) is 21.6 Å². The molecule has 0 amide bonds. The maximum Gasteiger partial charge on any atom is 0.307 e. The van der Waals surface area contributed by atoms with Gasteiger partial charge in [0.05, 0.1) is 5.27 Å². The normalized spacial score (nSPS) is 9.40. The van der Waals surface area contributed by atoms with Gasteiger partial charge in [-0.1, -0.05) is 28.8 Å². The zero-order valence-electron chi connectivity index (χ0n) is 8.10. The van der Waals surface area contributed by atoms with Gasteiger partial charge in [-0.3, -0.25) is 0 Å². The van der Waals surface area contributed by atoms with Crippen molar-refractivity contribution in [2.24, 2.45) is 7.05 Å². The Labute approximate surface area is 86.7 Å². The summed E-state index contributed by atoms with van der Waals surface area (Å²) in [6, 6.07) is 9.41. The lowest BCUT2D eigenvalue weighted by Gasteiger charge is -1.86. The predicted molar refractivity (Wildman–Crippen MR) is 49.5 cm³/mol. The lowest BCUT2D eigenvalue weighted by Crippen LogP contribution is -2.33. The van der Waals surface area contributed by atoms with Crippen molar-refractivity contribution in [3.63, 3.8) is 0 Å². The summed E-state index contributed by atoms with van der Waals surface area (Å²) >= 11 is 0. The van der Waals surface area contributed by atoms with Crippen molar-refractivity contribution in [1.82, 2.24) is 5.27 Å². The molecule has 0 saturated carbocycles. The first kappa shape index (κ1) is 9.28. The molecule has 0 fully saturated rings. The summed E-state index contributed by atoms with van der Waals surface area (Å²) in [6.07, 6.45) is 0. The molecule has 4 heteroatoms. The van der Waals surface area contributed by atoms with E-state index >= 15 is 0 Å². The molecule has 74 valence electrons. The summed E-state index contributed by atoms with van der Waals surface area (Å²) in [6.45, 7) is 0. The minimum Gasteiger partial charge on any atom is -0.538 e. The molecular formula is C11H8N2O2. The second-order valence-electron chi connectivity index (χ2n) is 2.95. The second-order valence-corrected chi connectivity index (χ2v) is 2.95. The van der Waals surface area contributed by atoms with Crippen LogP contribution in [0.15, 0.2) is 34.9 Å². The molecule has 4 nitrogen and oxygen atoms in total. The number of aromatic nitrogens is 2. The first-order valence-electron chi connectivity index (χ1n) is 4.37. The molecule has 2 aromatic rings. The van der Waals surface area contributed by atoms with Crippen molar-refractivity contribution in [2.75, 3.05) is 0 Å². The van der Waals surface area contributed by atoms with Gasteiger partial charge < -0.3 is 9.63 Å². The highest BCUT2D eigenvalue weighted by Gasteiger charge is 2.08. The summed E-state index contributed by atoms with van der Waals surface area (Å²) in [5.74, 6) is 5.07. The fourth-order valence-electron chi connectivity index (χ4n) is 1.10. The SMILES string of the molecule is C[n+]1noc([O-])c1C#Cc1ccccc1. The van der Waals surface area contributed by atoms with Gasteiger partial charge in [0.25, 0.3) is 0 Å². The topological polar surface area (TPSA) is 53.0 Å². The highest BCUT2D eigenvalue weighted by Crippen LogP contribution is 2.04. The third-order valence-electron chi connectivity index (χ3n) is 1.86. The van der Waals surface area contributed by atoms with Crippen molar-refractivity contribution in [2.45, 2.75) is 0 Å². The molecule has 1 heterocycles. The third-order valence-corrected chi connectivity index (χ3v) is 1.86. The first-order chi connectivity index (χ1) is 7.27. The van der Waals surface area contributed by atoms with E-state index in [0.717, 1.165) is 5.56 Å². The van der Waals surface area contributed by atoms with Crippen LogP contribution in [0.3, 0.4) is 0 Å². The van der Waals surface area contributed by atoms with E-state index in [1.807, 2.05) is 30.3 Å². The molecular weight excluding hydrogens is 192 g/mol. The van der Waals surface area contributed by atoms with Crippen LogP contribution in [-0.2, 0) is 7.05 Å². The Kier molecular flexibility index (Phi) is 2.38. The van der Waals surface area contributed by atoms with Crippen LogP contribution in [0, 0.1) is 11.8 Å². The first-order valence-corrected chi connectivity index (χ1v) is 4.37. The molecule has 0 aliphatic heterocycles. The van der Waals surface area contributed by atoms with Crippen LogP contribution in [0.2, 0.25) is 0 Å². The minimum atomic E-state index is -0.513. The predicted octanol–water partition coefficient (Wildman–Crippen LogP) is -0.0275. The maximum absolute atomic E-state index is 11.1. The molecule has 0 spiro atoms. The van der Waals surface area contributed by atoms with E-state index < -0.39 is 5.95 Å². The number of nitrogens with zero attached hydrogens (tertiary/aromatic N) is 2. The van der Waals surface area contributed by atoms with Gasteiger partial charge in [0, 0.05) is 11.5 Å². The summed E-state index contributed by atoms with van der Waals surface area (Å²) in [5, 5.41) is 14.6. The number of benzene rings is 1. The van der Waals surface area contributed by atoms with Crippen LogP contribution in [-0.4, -0.2) is 5.27 Å². The lowest BCUT2D eigenvalue weighted by molar-refractivity contribution is -0.741. The Morgan fingerprint density at radius 3 is 2.60 bits per heavy atom. The molecule has 2 rings (SSSR count). The molecule has 0 saturated heterocycles. The van der Waals surface area contributed by atoms with E-state index in [1.165, 1.54) is 4.68 Å². The molecule has 0 N–H and O–H groups in total. The Morgan fingerprint density at radius 2 is 2.00 bits per heavy atom. The number of aryl methyl sites for hydroxylation is 1. The van der Waals surface area contributed by atoms with Gasteiger partial charge in [-0.05, 0) is 12.1 Å². The second kappa shape index (κ2) is 3.84. The van der Waals surface area contributed by atoms with Crippen LogP contribution >= 0.6 is 0 Å². The minimum absolute atomic E-state index is 0.249. The fraction of sp³-hybridized carbons (Fsp3) is 0.0909. The Balaban J connectivity index is 2.34. The average molecular weight is 200 g/mol. The lowest BCUT2D eigenvalue weighted by atomic mass is 10.2. The largest absolute Gasteiger partial charge is 0.538 e. The van der Waals surface area contributed by atoms with Gasteiger partial charge in [0.1, 0.15) is 0 Å². The Morgan fingerprint density at radius 1 is 1.27 bits per heavy atom. The molecule has 1 aromatic carbocycles. The molecule has 1 aromatic heterocycles. The summed E-state index contributed by atoms with van der Waals surface area (Å²) < 4.78 is 5.76. The van der Waals surface area contributed by atoms with Gasteiger partial charge in [-0.2, -0.15) is 0 Å². The molecule has 0 atom stereocenters. The van der Waals surface area contributed by atoms with Crippen molar-refractivity contribution in [3.05, 3.63) is 41.6 Å². The van der Waals surface area contributed by atoms with Gasteiger partial charge in [-0.15, -0.1) is 0 Å². The molecule has 0 radical (unpaired) electrons. The van der Waals surface area contributed by atoms with Crippen LogP contribution in [0.4, 0.5) is 0 Å².